The Labute approximate surface area is 178 Å². The molecule has 0 amide bonds. The highest BCUT2D eigenvalue weighted by Gasteiger charge is 2.38. The molecule has 1 saturated heterocycles. The van der Waals surface area contributed by atoms with Gasteiger partial charge in [-0.05, 0) is 55.7 Å². The number of hydrogen-bond acceptors (Lipinski definition) is 4. The Morgan fingerprint density at radius 3 is 2.52 bits per heavy atom. The van der Waals surface area contributed by atoms with E-state index >= 15 is 0 Å². The van der Waals surface area contributed by atoms with Crippen LogP contribution in [0.15, 0.2) is 30.5 Å². The minimum atomic E-state index is -0.420. The molecular formula is C23H31ClN4O. The molecule has 2 aromatic rings. The van der Waals surface area contributed by atoms with Gasteiger partial charge in [-0.1, -0.05) is 48.2 Å². The quantitative estimate of drug-likeness (QED) is 0.767. The van der Waals surface area contributed by atoms with Crippen molar-refractivity contribution in [1.82, 2.24) is 19.9 Å². The summed E-state index contributed by atoms with van der Waals surface area (Å²) in [4.78, 5) is 2.51. The molecule has 0 radical (unpaired) electrons. The summed E-state index contributed by atoms with van der Waals surface area (Å²) in [5.41, 5.74) is 2.37. The summed E-state index contributed by atoms with van der Waals surface area (Å²) < 4.78 is 1.93. The van der Waals surface area contributed by atoms with E-state index in [4.69, 9.17) is 11.6 Å². The topological polar surface area (TPSA) is 54.2 Å². The van der Waals surface area contributed by atoms with Crippen molar-refractivity contribution >= 4 is 11.6 Å². The van der Waals surface area contributed by atoms with E-state index in [-0.39, 0.29) is 12.1 Å². The molecule has 1 aromatic carbocycles. The molecule has 3 atom stereocenters. The first-order valence-electron chi connectivity index (χ1n) is 11.3. The van der Waals surface area contributed by atoms with Crippen LogP contribution >= 0.6 is 11.6 Å². The molecule has 0 spiro atoms. The van der Waals surface area contributed by atoms with Crippen LogP contribution in [0.3, 0.4) is 0 Å². The molecule has 1 aromatic heterocycles. The monoisotopic (exact) mass is 414 g/mol. The van der Waals surface area contributed by atoms with Crippen molar-refractivity contribution in [3.05, 3.63) is 46.7 Å². The lowest BCUT2D eigenvalue weighted by molar-refractivity contribution is -0.0181. The third-order valence-corrected chi connectivity index (χ3v) is 7.36. The summed E-state index contributed by atoms with van der Waals surface area (Å²) in [6.45, 7) is 1.76. The van der Waals surface area contributed by atoms with E-state index < -0.39 is 6.10 Å². The zero-order chi connectivity index (χ0) is 19.8. The molecule has 1 aliphatic heterocycles. The highest BCUT2D eigenvalue weighted by atomic mass is 35.5. The summed E-state index contributed by atoms with van der Waals surface area (Å²) in [5.74, 6) is 1.33. The van der Waals surface area contributed by atoms with E-state index in [2.05, 4.69) is 33.5 Å². The van der Waals surface area contributed by atoms with Gasteiger partial charge in [0, 0.05) is 36.3 Å². The van der Waals surface area contributed by atoms with E-state index in [1.807, 2.05) is 16.8 Å². The average Bonchev–Trinajstić information content (AvgIpc) is 3.47. The van der Waals surface area contributed by atoms with Crippen molar-refractivity contribution < 1.29 is 5.11 Å². The number of nitrogens with zero attached hydrogens (tertiary/aromatic N) is 4. The smallest absolute Gasteiger partial charge is 0.0892 e. The van der Waals surface area contributed by atoms with Gasteiger partial charge in [0.15, 0.2) is 0 Å². The van der Waals surface area contributed by atoms with E-state index in [0.717, 1.165) is 29.6 Å². The van der Waals surface area contributed by atoms with E-state index in [0.29, 0.717) is 12.5 Å². The van der Waals surface area contributed by atoms with Crippen LogP contribution in [0.5, 0.6) is 0 Å². The lowest BCUT2D eigenvalue weighted by atomic mass is 9.85. The van der Waals surface area contributed by atoms with Crippen LogP contribution < -0.4 is 0 Å². The third-order valence-electron chi connectivity index (χ3n) is 7.11. The molecule has 2 aliphatic carbocycles. The lowest BCUT2D eigenvalue weighted by Crippen LogP contribution is -2.48. The van der Waals surface area contributed by atoms with Gasteiger partial charge in [0.05, 0.1) is 17.8 Å². The molecule has 3 fully saturated rings. The number of likely N-dealkylation sites (tertiary alicyclic amines) is 1. The Morgan fingerprint density at radius 2 is 1.79 bits per heavy atom. The normalized spacial score (nSPS) is 29.2. The molecule has 3 aliphatic rings. The number of β-amino-alcohol motifs (C(OH)–C–C–N with tert-alkyl or cyclic N) is 1. The minimum Gasteiger partial charge on any atom is -0.390 e. The highest BCUT2D eigenvalue weighted by molar-refractivity contribution is 6.30. The fraction of sp³-hybridized carbons (Fsp3) is 0.652. The van der Waals surface area contributed by atoms with Crippen molar-refractivity contribution in [3.8, 4) is 0 Å². The number of aliphatic hydroxyl groups excluding tert-OH is 1. The Balaban J connectivity index is 1.38. The molecule has 29 heavy (non-hydrogen) atoms. The number of rotatable bonds is 5. The van der Waals surface area contributed by atoms with Crippen LogP contribution in [-0.2, 0) is 0 Å². The van der Waals surface area contributed by atoms with Crippen LogP contribution in [0.2, 0.25) is 5.02 Å². The van der Waals surface area contributed by atoms with Crippen molar-refractivity contribution in [2.45, 2.75) is 75.5 Å². The second-order valence-electron chi connectivity index (χ2n) is 9.29. The van der Waals surface area contributed by atoms with Gasteiger partial charge in [0.2, 0.25) is 0 Å². The maximum Gasteiger partial charge on any atom is 0.0892 e. The molecular weight excluding hydrogens is 384 g/mol. The predicted molar refractivity (Wildman–Crippen MR) is 114 cm³/mol. The largest absolute Gasteiger partial charge is 0.390 e. The molecule has 0 bridgehead atoms. The average molecular weight is 415 g/mol. The van der Waals surface area contributed by atoms with E-state index in [1.165, 1.54) is 50.5 Å². The molecule has 5 nitrogen and oxygen atoms in total. The summed E-state index contributed by atoms with van der Waals surface area (Å²) in [5, 5.41) is 20.6. The van der Waals surface area contributed by atoms with Crippen LogP contribution in [0, 0.1) is 5.92 Å². The first kappa shape index (κ1) is 19.5. The van der Waals surface area contributed by atoms with Gasteiger partial charge < -0.3 is 5.11 Å². The number of halogens is 1. The molecule has 1 N–H and O–H groups in total. The first-order valence-corrected chi connectivity index (χ1v) is 11.6. The lowest BCUT2D eigenvalue weighted by Gasteiger charge is -2.44. The number of hydrogen-bond donors (Lipinski definition) is 1. The van der Waals surface area contributed by atoms with Crippen LogP contribution in [0.4, 0.5) is 0 Å². The van der Waals surface area contributed by atoms with Gasteiger partial charge in [0.25, 0.3) is 0 Å². The number of aliphatic hydroxyl groups is 1. The standard InChI is InChI=1S/C23H31ClN4O/c24-19-10-8-18(9-11-19)21-12-22(28-14-20(25-26-28)17-6-7-17)23(29)15-27(21)13-16-4-2-1-3-5-16/h8-11,14,16-17,21-23,29H,1-7,12-13,15H2/t21-,22+,23-/m1/s1. The van der Waals surface area contributed by atoms with Crippen molar-refractivity contribution in [1.29, 1.82) is 0 Å². The zero-order valence-electron chi connectivity index (χ0n) is 17.0. The molecule has 2 saturated carbocycles. The fourth-order valence-electron chi connectivity index (χ4n) is 5.26. The summed E-state index contributed by atoms with van der Waals surface area (Å²) in [7, 11) is 0. The van der Waals surface area contributed by atoms with Gasteiger partial charge in [-0.2, -0.15) is 0 Å². The first-order chi connectivity index (χ1) is 14.2. The van der Waals surface area contributed by atoms with Crippen molar-refractivity contribution in [2.24, 2.45) is 5.92 Å². The van der Waals surface area contributed by atoms with E-state index in [9.17, 15) is 5.11 Å². The Morgan fingerprint density at radius 1 is 1.03 bits per heavy atom. The van der Waals surface area contributed by atoms with Gasteiger partial charge >= 0.3 is 0 Å². The van der Waals surface area contributed by atoms with Gasteiger partial charge in [-0.3, -0.25) is 4.90 Å². The Hall–Kier alpha value is -1.43. The maximum absolute atomic E-state index is 11.0. The van der Waals surface area contributed by atoms with Gasteiger partial charge in [0.1, 0.15) is 0 Å². The summed E-state index contributed by atoms with van der Waals surface area (Å²) in [6.07, 6.45) is 11.6. The zero-order valence-corrected chi connectivity index (χ0v) is 17.7. The van der Waals surface area contributed by atoms with Crippen molar-refractivity contribution in [2.75, 3.05) is 13.1 Å². The van der Waals surface area contributed by atoms with E-state index in [1.54, 1.807) is 0 Å². The Kier molecular flexibility index (Phi) is 5.63. The second kappa shape index (κ2) is 8.37. The van der Waals surface area contributed by atoms with Crippen molar-refractivity contribution in [3.63, 3.8) is 0 Å². The molecule has 6 heteroatoms. The predicted octanol–water partition coefficient (Wildman–Crippen LogP) is 4.74. The maximum atomic E-state index is 11.0. The number of piperidine rings is 1. The van der Waals surface area contributed by atoms with Gasteiger partial charge in [-0.25, -0.2) is 4.68 Å². The number of aromatic nitrogens is 3. The van der Waals surface area contributed by atoms with Crippen LogP contribution in [0.25, 0.3) is 0 Å². The molecule has 2 heterocycles. The van der Waals surface area contributed by atoms with Gasteiger partial charge in [-0.15, -0.1) is 5.10 Å². The minimum absolute atomic E-state index is 0.0294. The summed E-state index contributed by atoms with van der Waals surface area (Å²) >= 11 is 6.15. The molecule has 156 valence electrons. The van der Waals surface area contributed by atoms with Crippen LogP contribution in [-0.4, -0.2) is 44.2 Å². The second-order valence-corrected chi connectivity index (χ2v) is 9.73. The fourth-order valence-corrected chi connectivity index (χ4v) is 5.39. The Bertz CT molecular complexity index is 813. The third kappa shape index (κ3) is 4.37. The summed E-state index contributed by atoms with van der Waals surface area (Å²) in [6, 6.07) is 8.50. The van der Waals surface area contributed by atoms with Crippen LogP contribution in [0.1, 0.15) is 80.6 Å². The SMILES string of the molecule is O[C@@H]1CN(CC2CCCCC2)[C@@H](c2ccc(Cl)cc2)C[C@@H]1n1cc(C2CC2)nn1. The molecule has 0 unspecified atom stereocenters. The number of benzene rings is 1. The molecule has 5 rings (SSSR count). The highest BCUT2D eigenvalue weighted by Crippen LogP contribution is 2.41.